The molecule has 0 unspecified atom stereocenters. The van der Waals surface area contributed by atoms with Crippen LogP contribution in [0.2, 0.25) is 0 Å². The molecule has 0 bridgehead atoms. The molecule has 4 aromatic rings. The van der Waals surface area contributed by atoms with E-state index in [0.717, 1.165) is 51.7 Å². The molecule has 0 aromatic heterocycles. The molecule has 6 heteroatoms. The molecule has 161 valence electrons. The maximum Gasteiger partial charge on any atom is 0.0998 e. The summed E-state index contributed by atoms with van der Waals surface area (Å²) >= 11 is 0. The Morgan fingerprint density at radius 2 is 1.22 bits per heavy atom. The molecule has 5 rings (SSSR count). The Bertz CT molecular complexity index is 1190. The molecule has 3 radical (unpaired) electrons. The van der Waals surface area contributed by atoms with E-state index in [2.05, 4.69) is 6.07 Å². The number of hydrogen-bond acceptors (Lipinski definition) is 5. The first-order valence-corrected chi connectivity index (χ1v) is 10.4. The summed E-state index contributed by atoms with van der Waals surface area (Å²) in [7, 11) is 0. The lowest BCUT2D eigenvalue weighted by Crippen LogP contribution is -1.98. The van der Waals surface area contributed by atoms with Crippen LogP contribution in [-0.2, 0) is 11.3 Å². The van der Waals surface area contributed by atoms with Crippen LogP contribution >= 0.6 is 0 Å². The van der Waals surface area contributed by atoms with Gasteiger partial charge >= 0.3 is 0 Å². The molecule has 1 aliphatic heterocycles. The highest BCUT2D eigenvalue weighted by atomic mass is 16.5. The molecule has 0 saturated carbocycles. The Labute approximate surface area is 191 Å². The zero-order valence-corrected chi connectivity index (χ0v) is 18.1. The lowest BCUT2D eigenvalue weighted by atomic mass is 10.0. The molecule has 6 N–H and O–H groups in total. The summed E-state index contributed by atoms with van der Waals surface area (Å²) in [6, 6.07) is 25.2. The van der Waals surface area contributed by atoms with E-state index in [1.54, 1.807) is 12.1 Å². The van der Waals surface area contributed by atoms with Crippen molar-refractivity contribution in [2.45, 2.75) is 19.4 Å². The van der Waals surface area contributed by atoms with Gasteiger partial charge in [-0.2, -0.15) is 5.26 Å². The van der Waals surface area contributed by atoms with Gasteiger partial charge in [0.25, 0.3) is 0 Å². The Morgan fingerprint density at radius 3 is 1.72 bits per heavy atom. The van der Waals surface area contributed by atoms with E-state index in [1.807, 2.05) is 60.7 Å². The minimum Gasteiger partial charge on any atom is -0.398 e. The summed E-state index contributed by atoms with van der Waals surface area (Å²) in [5, 5.41) is 12.9. The molecule has 0 aliphatic carbocycles. The first-order valence-electron chi connectivity index (χ1n) is 10.4. The molecule has 1 heterocycles. The van der Waals surface area contributed by atoms with Crippen LogP contribution in [0.3, 0.4) is 0 Å². The van der Waals surface area contributed by atoms with Gasteiger partial charge in [-0.15, -0.1) is 0 Å². The van der Waals surface area contributed by atoms with E-state index in [9.17, 15) is 0 Å². The number of rotatable bonds is 1. The Morgan fingerprint density at radius 1 is 0.719 bits per heavy atom. The van der Waals surface area contributed by atoms with Crippen molar-refractivity contribution in [2.75, 3.05) is 24.7 Å². The van der Waals surface area contributed by atoms with Crippen LogP contribution in [0.5, 0.6) is 0 Å². The highest BCUT2D eigenvalue weighted by Gasteiger charge is 2.02. The van der Waals surface area contributed by atoms with Gasteiger partial charge in [0.2, 0.25) is 0 Å². The average molecular weight is 423 g/mol. The molecule has 5 nitrogen and oxygen atoms in total. The van der Waals surface area contributed by atoms with E-state index in [0.29, 0.717) is 12.1 Å². The topological polar surface area (TPSA) is 111 Å². The number of nitriles is 1. The molecular formula is C26H28BN4O. The number of ether oxygens (including phenoxy) is 1. The standard InChI is InChI=1S/C11H12N2.C11H8N2.C4H8O.B/c2*12-7-8-5-6-11(13)10-4-2-1-3-9(8)10;1-2-4-5-3-1;/h1-6H,7,12-13H2;1-6H,13H2;1-4H2;. The quantitative estimate of drug-likeness (QED) is 0.306. The fourth-order valence-corrected chi connectivity index (χ4v) is 3.49. The van der Waals surface area contributed by atoms with Crippen LogP contribution in [0.25, 0.3) is 21.5 Å². The third-order valence-electron chi connectivity index (χ3n) is 5.17. The van der Waals surface area contributed by atoms with Crippen molar-refractivity contribution in [1.82, 2.24) is 0 Å². The highest BCUT2D eigenvalue weighted by molar-refractivity contribution is 5.96. The number of benzene rings is 4. The SMILES string of the molecule is C1CCOC1.N#Cc1ccc(N)c2ccccc12.NCc1ccc(N)c2ccccc12.[B]. The Kier molecular flexibility index (Phi) is 9.56. The normalized spacial score (nSPS) is 12.0. The first-order chi connectivity index (χ1) is 15.2. The van der Waals surface area contributed by atoms with Gasteiger partial charge < -0.3 is 21.9 Å². The molecule has 4 aromatic carbocycles. The van der Waals surface area contributed by atoms with Crippen molar-refractivity contribution in [3.05, 3.63) is 83.9 Å². The lowest BCUT2D eigenvalue weighted by molar-refractivity contribution is 0.198. The number of nitrogens with zero attached hydrogens (tertiary/aromatic N) is 1. The fraction of sp³-hybridized carbons (Fsp3) is 0.192. The first kappa shape index (κ1) is 24.7. The smallest absolute Gasteiger partial charge is 0.0998 e. The van der Waals surface area contributed by atoms with Crippen LogP contribution in [0, 0.1) is 11.3 Å². The van der Waals surface area contributed by atoms with Crippen LogP contribution in [-0.4, -0.2) is 21.6 Å². The predicted molar refractivity (Wildman–Crippen MR) is 135 cm³/mol. The van der Waals surface area contributed by atoms with Crippen molar-refractivity contribution in [3.8, 4) is 6.07 Å². The van der Waals surface area contributed by atoms with E-state index in [4.69, 9.17) is 27.2 Å². The average Bonchev–Trinajstić information content (AvgIpc) is 3.41. The monoisotopic (exact) mass is 423 g/mol. The highest BCUT2D eigenvalue weighted by Crippen LogP contribution is 2.24. The van der Waals surface area contributed by atoms with Gasteiger partial charge in [-0.1, -0.05) is 54.6 Å². The molecule has 0 amide bonds. The third kappa shape index (κ3) is 6.01. The van der Waals surface area contributed by atoms with Crippen LogP contribution in [0.1, 0.15) is 24.0 Å². The van der Waals surface area contributed by atoms with Crippen molar-refractivity contribution < 1.29 is 4.74 Å². The molecular weight excluding hydrogens is 395 g/mol. The van der Waals surface area contributed by atoms with Crippen molar-refractivity contribution in [2.24, 2.45) is 5.73 Å². The maximum absolute atomic E-state index is 8.84. The predicted octanol–water partition coefficient (Wildman–Crippen LogP) is 4.59. The van der Waals surface area contributed by atoms with Gasteiger partial charge in [0, 0.05) is 55.7 Å². The van der Waals surface area contributed by atoms with Gasteiger partial charge in [0.05, 0.1) is 11.6 Å². The van der Waals surface area contributed by atoms with Crippen LogP contribution in [0.15, 0.2) is 72.8 Å². The Balaban J connectivity index is 0.000000182. The second-order valence-corrected chi connectivity index (χ2v) is 7.24. The van der Waals surface area contributed by atoms with E-state index < -0.39 is 0 Å². The third-order valence-corrected chi connectivity index (χ3v) is 5.17. The van der Waals surface area contributed by atoms with E-state index in [-0.39, 0.29) is 8.41 Å². The molecule has 1 fully saturated rings. The number of nitrogens with two attached hydrogens (primary N) is 3. The number of hydrogen-bond donors (Lipinski definition) is 3. The van der Waals surface area contributed by atoms with Gasteiger partial charge in [0.1, 0.15) is 0 Å². The summed E-state index contributed by atoms with van der Waals surface area (Å²) in [6.45, 7) is 2.56. The summed E-state index contributed by atoms with van der Waals surface area (Å²) in [5.41, 5.74) is 20.6. The van der Waals surface area contributed by atoms with E-state index >= 15 is 0 Å². The fourth-order valence-electron chi connectivity index (χ4n) is 3.49. The second kappa shape index (κ2) is 12.4. The molecule has 0 atom stereocenters. The maximum atomic E-state index is 8.84. The molecule has 0 spiro atoms. The van der Waals surface area contributed by atoms with Crippen LogP contribution in [0.4, 0.5) is 11.4 Å². The zero-order valence-electron chi connectivity index (χ0n) is 18.1. The summed E-state index contributed by atoms with van der Waals surface area (Å²) in [6.07, 6.45) is 2.56. The number of fused-ring (bicyclic) bond motifs is 2. The van der Waals surface area contributed by atoms with Crippen molar-refractivity contribution in [3.63, 3.8) is 0 Å². The van der Waals surface area contributed by atoms with Crippen molar-refractivity contribution in [1.29, 1.82) is 5.26 Å². The van der Waals surface area contributed by atoms with Gasteiger partial charge in [0.15, 0.2) is 0 Å². The van der Waals surface area contributed by atoms with Gasteiger partial charge in [-0.3, -0.25) is 0 Å². The van der Waals surface area contributed by atoms with Gasteiger partial charge in [-0.05, 0) is 42.0 Å². The molecule has 1 aliphatic rings. The minimum atomic E-state index is 0. The largest absolute Gasteiger partial charge is 0.398 e. The van der Waals surface area contributed by atoms with Gasteiger partial charge in [-0.25, -0.2) is 0 Å². The number of nitrogen functional groups attached to an aromatic ring is 2. The minimum absolute atomic E-state index is 0. The number of anilines is 2. The second-order valence-electron chi connectivity index (χ2n) is 7.24. The Hall–Kier alpha value is -3.53. The lowest BCUT2D eigenvalue weighted by Gasteiger charge is -2.05. The van der Waals surface area contributed by atoms with Crippen LogP contribution < -0.4 is 17.2 Å². The summed E-state index contributed by atoms with van der Waals surface area (Å²) in [4.78, 5) is 0. The molecule has 1 saturated heterocycles. The van der Waals surface area contributed by atoms with Crippen molar-refractivity contribution >= 4 is 41.3 Å². The summed E-state index contributed by atoms with van der Waals surface area (Å²) < 4.78 is 4.94. The molecule has 32 heavy (non-hydrogen) atoms. The summed E-state index contributed by atoms with van der Waals surface area (Å²) in [5.74, 6) is 0. The van der Waals surface area contributed by atoms with E-state index in [1.165, 1.54) is 12.8 Å². The zero-order chi connectivity index (χ0) is 22.1.